The van der Waals surface area contributed by atoms with Crippen molar-refractivity contribution in [3.63, 3.8) is 0 Å². The van der Waals surface area contributed by atoms with Gasteiger partial charge in [0.25, 0.3) is 0 Å². The van der Waals surface area contributed by atoms with Gasteiger partial charge in [0.1, 0.15) is 5.75 Å². The van der Waals surface area contributed by atoms with E-state index in [-0.39, 0.29) is 6.03 Å². The van der Waals surface area contributed by atoms with E-state index in [1.165, 1.54) is 0 Å². The fourth-order valence-electron chi connectivity index (χ4n) is 2.59. The quantitative estimate of drug-likeness (QED) is 0.940. The van der Waals surface area contributed by atoms with E-state index in [2.05, 4.69) is 5.32 Å². The van der Waals surface area contributed by atoms with Crippen LogP contribution in [0, 0.1) is 0 Å². The standard InChI is InChI=1S/C17H18N2O2/c1-21-15-7-8-16-14(11-15)9-10-19(16)17(20)18-12-13-5-3-2-4-6-13/h2-8,11H,9-10,12H2,1H3,(H,18,20). The van der Waals surface area contributed by atoms with Crippen LogP contribution in [0.25, 0.3) is 0 Å². The average molecular weight is 282 g/mol. The number of nitrogens with one attached hydrogen (secondary N) is 1. The topological polar surface area (TPSA) is 41.6 Å². The number of urea groups is 1. The Kier molecular flexibility index (Phi) is 3.77. The summed E-state index contributed by atoms with van der Waals surface area (Å²) in [6, 6.07) is 15.7. The zero-order valence-corrected chi connectivity index (χ0v) is 12.0. The first-order chi connectivity index (χ1) is 10.3. The molecule has 0 atom stereocenters. The molecule has 0 fully saturated rings. The van der Waals surface area contributed by atoms with Crippen molar-refractivity contribution in [2.24, 2.45) is 0 Å². The molecule has 1 N–H and O–H groups in total. The van der Waals surface area contributed by atoms with E-state index in [1.54, 1.807) is 12.0 Å². The molecule has 0 bridgehead atoms. The third-order valence-electron chi connectivity index (χ3n) is 3.71. The number of amides is 2. The highest BCUT2D eigenvalue weighted by atomic mass is 16.5. The van der Waals surface area contributed by atoms with Crippen LogP contribution in [0.5, 0.6) is 5.75 Å². The first kappa shape index (κ1) is 13.5. The Morgan fingerprint density at radius 3 is 2.81 bits per heavy atom. The molecule has 0 aliphatic carbocycles. The summed E-state index contributed by atoms with van der Waals surface area (Å²) in [6.45, 7) is 1.25. The molecule has 2 aromatic carbocycles. The van der Waals surface area contributed by atoms with Crippen LogP contribution in [0.4, 0.5) is 10.5 Å². The maximum Gasteiger partial charge on any atom is 0.322 e. The van der Waals surface area contributed by atoms with Gasteiger partial charge in [0.2, 0.25) is 0 Å². The summed E-state index contributed by atoms with van der Waals surface area (Å²) in [5, 5.41) is 2.97. The third kappa shape index (κ3) is 2.84. The number of ether oxygens (including phenoxy) is 1. The Hall–Kier alpha value is -2.49. The number of methoxy groups -OCH3 is 1. The van der Waals surface area contributed by atoms with Crippen molar-refractivity contribution in [3.8, 4) is 5.75 Å². The van der Waals surface area contributed by atoms with E-state index in [9.17, 15) is 4.79 Å². The molecular weight excluding hydrogens is 264 g/mol. The highest BCUT2D eigenvalue weighted by Crippen LogP contribution is 2.31. The van der Waals surface area contributed by atoms with Crippen LogP contribution in [0.1, 0.15) is 11.1 Å². The average Bonchev–Trinajstić information content (AvgIpc) is 2.96. The lowest BCUT2D eigenvalue weighted by atomic mass is 10.1. The van der Waals surface area contributed by atoms with E-state index in [4.69, 9.17) is 4.74 Å². The number of rotatable bonds is 3. The fraction of sp³-hybridized carbons (Fsp3) is 0.235. The van der Waals surface area contributed by atoms with Gasteiger partial charge in [-0.05, 0) is 35.7 Å². The summed E-state index contributed by atoms with van der Waals surface area (Å²) in [6.07, 6.45) is 0.866. The van der Waals surface area contributed by atoms with Gasteiger partial charge in [-0.15, -0.1) is 0 Å². The van der Waals surface area contributed by atoms with Gasteiger partial charge in [-0.3, -0.25) is 4.90 Å². The van der Waals surface area contributed by atoms with Crippen molar-refractivity contribution < 1.29 is 9.53 Å². The van der Waals surface area contributed by atoms with E-state index in [0.29, 0.717) is 13.1 Å². The SMILES string of the molecule is COc1ccc2c(c1)CCN2C(=O)NCc1ccccc1. The number of hydrogen-bond acceptors (Lipinski definition) is 2. The Morgan fingerprint density at radius 1 is 1.24 bits per heavy atom. The number of fused-ring (bicyclic) bond motifs is 1. The maximum atomic E-state index is 12.3. The zero-order valence-electron chi connectivity index (χ0n) is 12.0. The number of carbonyl (C=O) groups is 1. The Labute approximate surface area is 124 Å². The minimum absolute atomic E-state index is 0.0530. The highest BCUT2D eigenvalue weighted by molar-refractivity contribution is 5.94. The molecule has 4 heteroatoms. The van der Waals surface area contributed by atoms with Gasteiger partial charge in [0.15, 0.2) is 0 Å². The molecule has 0 aromatic heterocycles. The van der Waals surface area contributed by atoms with E-state index in [0.717, 1.165) is 29.0 Å². The van der Waals surface area contributed by atoms with Gasteiger partial charge >= 0.3 is 6.03 Å². The van der Waals surface area contributed by atoms with Crippen molar-refractivity contribution in [3.05, 3.63) is 59.7 Å². The zero-order chi connectivity index (χ0) is 14.7. The highest BCUT2D eigenvalue weighted by Gasteiger charge is 2.24. The van der Waals surface area contributed by atoms with Crippen molar-refractivity contribution in [2.45, 2.75) is 13.0 Å². The minimum atomic E-state index is -0.0530. The Bertz CT molecular complexity index is 640. The van der Waals surface area contributed by atoms with Gasteiger partial charge in [0, 0.05) is 18.8 Å². The smallest absolute Gasteiger partial charge is 0.322 e. The molecule has 0 unspecified atom stereocenters. The van der Waals surface area contributed by atoms with Crippen LogP contribution in [0.2, 0.25) is 0 Å². The summed E-state index contributed by atoms with van der Waals surface area (Å²) in [7, 11) is 1.65. The van der Waals surface area contributed by atoms with Gasteiger partial charge in [-0.1, -0.05) is 30.3 Å². The molecule has 0 saturated heterocycles. The van der Waals surface area contributed by atoms with Crippen molar-refractivity contribution in [1.82, 2.24) is 5.32 Å². The summed E-state index contributed by atoms with van der Waals surface area (Å²) >= 11 is 0. The molecule has 21 heavy (non-hydrogen) atoms. The number of hydrogen-bond donors (Lipinski definition) is 1. The Balaban J connectivity index is 1.68. The number of carbonyl (C=O) groups excluding carboxylic acids is 1. The second kappa shape index (κ2) is 5.87. The van der Waals surface area contributed by atoms with E-state index < -0.39 is 0 Å². The first-order valence-corrected chi connectivity index (χ1v) is 7.04. The number of benzene rings is 2. The third-order valence-corrected chi connectivity index (χ3v) is 3.71. The maximum absolute atomic E-state index is 12.3. The second-order valence-corrected chi connectivity index (χ2v) is 5.04. The summed E-state index contributed by atoms with van der Waals surface area (Å²) in [4.78, 5) is 14.1. The van der Waals surface area contributed by atoms with E-state index in [1.807, 2.05) is 48.5 Å². The van der Waals surface area contributed by atoms with Crippen LogP contribution in [-0.2, 0) is 13.0 Å². The van der Waals surface area contributed by atoms with Crippen LogP contribution >= 0.6 is 0 Å². The predicted octanol–water partition coefficient (Wildman–Crippen LogP) is 2.97. The van der Waals surface area contributed by atoms with Crippen LogP contribution < -0.4 is 15.0 Å². The molecule has 3 rings (SSSR count). The molecule has 0 spiro atoms. The lowest BCUT2D eigenvalue weighted by molar-refractivity contribution is 0.246. The summed E-state index contributed by atoms with van der Waals surface area (Å²) in [5.74, 6) is 0.834. The number of anilines is 1. The first-order valence-electron chi connectivity index (χ1n) is 7.04. The van der Waals surface area contributed by atoms with Crippen molar-refractivity contribution in [2.75, 3.05) is 18.6 Å². The largest absolute Gasteiger partial charge is 0.497 e. The Morgan fingerprint density at radius 2 is 2.05 bits per heavy atom. The molecular formula is C17H18N2O2. The monoisotopic (exact) mass is 282 g/mol. The molecule has 2 aromatic rings. The normalized spacial score (nSPS) is 12.9. The molecule has 108 valence electrons. The van der Waals surface area contributed by atoms with Gasteiger partial charge in [0.05, 0.1) is 7.11 Å². The van der Waals surface area contributed by atoms with Gasteiger partial charge in [-0.25, -0.2) is 4.79 Å². The lowest BCUT2D eigenvalue weighted by Gasteiger charge is -2.18. The van der Waals surface area contributed by atoms with Gasteiger partial charge in [-0.2, -0.15) is 0 Å². The molecule has 4 nitrogen and oxygen atoms in total. The molecule has 1 heterocycles. The molecule has 2 amide bonds. The van der Waals surface area contributed by atoms with Gasteiger partial charge < -0.3 is 10.1 Å². The molecule has 1 aliphatic heterocycles. The van der Waals surface area contributed by atoms with Crippen molar-refractivity contribution in [1.29, 1.82) is 0 Å². The second-order valence-electron chi connectivity index (χ2n) is 5.04. The lowest BCUT2D eigenvalue weighted by Crippen LogP contribution is -2.38. The van der Waals surface area contributed by atoms with Crippen LogP contribution in [0.3, 0.4) is 0 Å². The minimum Gasteiger partial charge on any atom is -0.497 e. The summed E-state index contributed by atoms with van der Waals surface area (Å²) in [5.41, 5.74) is 3.23. The molecule has 0 radical (unpaired) electrons. The predicted molar refractivity (Wildman–Crippen MR) is 82.7 cm³/mol. The van der Waals surface area contributed by atoms with Crippen molar-refractivity contribution >= 4 is 11.7 Å². The van der Waals surface area contributed by atoms with E-state index >= 15 is 0 Å². The summed E-state index contributed by atoms with van der Waals surface area (Å²) < 4.78 is 5.22. The molecule has 0 saturated carbocycles. The van der Waals surface area contributed by atoms with Crippen LogP contribution in [-0.4, -0.2) is 19.7 Å². The number of nitrogens with zero attached hydrogens (tertiary/aromatic N) is 1. The fourth-order valence-corrected chi connectivity index (χ4v) is 2.59. The van der Waals surface area contributed by atoms with Crippen LogP contribution in [0.15, 0.2) is 48.5 Å². The molecule has 1 aliphatic rings.